The van der Waals surface area contributed by atoms with Gasteiger partial charge in [0.2, 0.25) is 0 Å². The molecular weight excluding hydrogens is 410 g/mol. The van der Waals surface area contributed by atoms with Crippen molar-refractivity contribution in [3.05, 3.63) is 0 Å². The zero-order valence-electron chi connectivity index (χ0n) is 4.76. The van der Waals surface area contributed by atoms with Crippen molar-refractivity contribution in [3.8, 4) is 0 Å². The molecule has 0 aliphatic carbocycles. The zero-order chi connectivity index (χ0) is 6.62. The van der Waals surface area contributed by atoms with Crippen LogP contribution in [0.1, 0.15) is 19.8 Å². The van der Waals surface area contributed by atoms with Gasteiger partial charge in [-0.05, 0) is 6.04 Å². The molecular formula is C4H9BrI2Si. The predicted octanol–water partition coefficient (Wildman–Crippen LogP) is 3.99. The van der Waals surface area contributed by atoms with Crippen LogP contribution in [0.4, 0.5) is 0 Å². The first-order chi connectivity index (χ1) is 3.56. The van der Waals surface area contributed by atoms with E-state index in [9.17, 15) is 0 Å². The fourth-order valence-corrected chi connectivity index (χ4v) is 4.26. The van der Waals surface area contributed by atoms with E-state index in [1.807, 2.05) is 0 Å². The first-order valence-corrected chi connectivity index (χ1v) is 13.3. The molecule has 0 nitrogen and oxygen atoms in total. The Morgan fingerprint density at radius 1 is 1.50 bits per heavy atom. The van der Waals surface area contributed by atoms with E-state index < -0.39 is 1.69 Å². The Bertz CT molecular complexity index is 61.5. The molecule has 0 N–H and O–H groups in total. The first-order valence-electron chi connectivity index (χ1n) is 2.63. The lowest BCUT2D eigenvalue weighted by Gasteiger charge is -2.05. The van der Waals surface area contributed by atoms with Gasteiger partial charge in [-0.1, -0.05) is 78.7 Å². The molecule has 0 aromatic carbocycles. The van der Waals surface area contributed by atoms with E-state index in [0.717, 1.165) is 0 Å². The third kappa shape index (κ3) is 8.16. The Balaban J connectivity index is 3.11. The van der Waals surface area contributed by atoms with E-state index in [1.54, 1.807) is 0 Å². The molecule has 0 aromatic heterocycles. The molecule has 0 atom stereocenters. The quantitative estimate of drug-likeness (QED) is 0.369. The highest BCUT2D eigenvalue weighted by molar-refractivity contribution is 14.3. The highest BCUT2D eigenvalue weighted by atomic mass is 127. The fourth-order valence-electron chi connectivity index (χ4n) is 0.377. The van der Waals surface area contributed by atoms with E-state index in [2.05, 4.69) is 65.8 Å². The van der Waals surface area contributed by atoms with Crippen molar-refractivity contribution in [2.24, 2.45) is 0 Å². The third-order valence-corrected chi connectivity index (χ3v) is 6.16. The highest BCUT2D eigenvalue weighted by Gasteiger charge is 2.19. The molecule has 0 rings (SSSR count). The topological polar surface area (TPSA) is 0 Å². The van der Waals surface area contributed by atoms with Crippen molar-refractivity contribution in [1.29, 1.82) is 0 Å². The van der Waals surface area contributed by atoms with E-state index in [0.29, 0.717) is 0 Å². The molecule has 0 saturated heterocycles. The highest BCUT2D eigenvalue weighted by Crippen LogP contribution is 2.34. The maximum atomic E-state index is 3.69. The summed E-state index contributed by atoms with van der Waals surface area (Å²) in [7, 11) is 0. The second kappa shape index (κ2) is 4.89. The maximum absolute atomic E-state index is 3.69. The van der Waals surface area contributed by atoms with Crippen LogP contribution in [0, 0.1) is 0 Å². The van der Waals surface area contributed by atoms with Crippen LogP contribution in [0.2, 0.25) is 6.04 Å². The van der Waals surface area contributed by atoms with Crippen molar-refractivity contribution in [3.63, 3.8) is 0 Å². The Morgan fingerprint density at radius 3 is 2.12 bits per heavy atom. The van der Waals surface area contributed by atoms with Gasteiger partial charge in [-0.25, -0.2) is 0 Å². The molecule has 0 saturated carbocycles. The second-order valence-electron chi connectivity index (χ2n) is 1.72. The average Bonchev–Trinajstić information content (AvgIpc) is 1.59. The van der Waals surface area contributed by atoms with Gasteiger partial charge in [0.1, 0.15) is 0 Å². The Hall–Kier alpha value is 2.16. The number of rotatable bonds is 3. The number of unbranched alkanes of at least 4 members (excludes halogenated alkanes) is 1. The zero-order valence-corrected chi connectivity index (χ0v) is 11.7. The lowest BCUT2D eigenvalue weighted by molar-refractivity contribution is 0.882. The summed E-state index contributed by atoms with van der Waals surface area (Å²) in [5, 5.41) is 0. The van der Waals surface area contributed by atoms with Gasteiger partial charge < -0.3 is 0 Å². The van der Waals surface area contributed by atoms with Gasteiger partial charge in [-0.15, -0.1) is 0 Å². The van der Waals surface area contributed by atoms with Gasteiger partial charge >= 0.3 is 0 Å². The normalized spacial score (nSPS) is 12.0. The fraction of sp³-hybridized carbons (Fsp3) is 1.00. The molecule has 0 bridgehead atoms. The molecule has 0 radical (unpaired) electrons. The standard InChI is InChI=1S/C4H9BrI2Si/c1-2-3-4-8(5,6)7/h2-4H2,1H3. The smallest absolute Gasteiger partial charge is 0.0985 e. The summed E-state index contributed by atoms with van der Waals surface area (Å²) >= 11 is 8.78. The van der Waals surface area contributed by atoms with E-state index >= 15 is 0 Å². The van der Waals surface area contributed by atoms with E-state index in [4.69, 9.17) is 0 Å². The Kier molecular flexibility index (Phi) is 6.21. The summed E-state index contributed by atoms with van der Waals surface area (Å²) in [6.45, 7) is 2.24. The van der Waals surface area contributed by atoms with E-state index in [-0.39, 0.29) is 0 Å². The summed E-state index contributed by atoms with van der Waals surface area (Å²) in [5.41, 5.74) is 0. The summed E-state index contributed by atoms with van der Waals surface area (Å²) in [6, 6.07) is 1.39. The lowest BCUT2D eigenvalue weighted by Crippen LogP contribution is -2.03. The minimum atomic E-state index is -0.926. The summed E-state index contributed by atoms with van der Waals surface area (Å²) in [6.07, 6.45) is 2.70. The molecule has 0 spiro atoms. The van der Waals surface area contributed by atoms with Crippen molar-refractivity contribution in [2.45, 2.75) is 25.8 Å². The van der Waals surface area contributed by atoms with Crippen LogP contribution in [0.3, 0.4) is 0 Å². The summed E-state index contributed by atoms with van der Waals surface area (Å²) < 4.78 is -0.926. The molecule has 0 aromatic rings. The molecule has 4 heteroatoms. The van der Waals surface area contributed by atoms with Crippen LogP contribution in [0.5, 0.6) is 0 Å². The van der Waals surface area contributed by atoms with Crippen LogP contribution in [-0.2, 0) is 0 Å². The van der Waals surface area contributed by atoms with Gasteiger partial charge in [-0.2, -0.15) is 0 Å². The SMILES string of the molecule is CCCC[Si](Br)(I)I. The summed E-state index contributed by atoms with van der Waals surface area (Å²) in [5.74, 6) is 0. The van der Waals surface area contributed by atoms with Crippen LogP contribution < -0.4 is 0 Å². The molecule has 50 valence electrons. The number of hydrogen-bond acceptors (Lipinski definition) is 0. The number of halogens is 3. The third-order valence-electron chi connectivity index (χ3n) is 0.814. The predicted molar refractivity (Wildman–Crippen MR) is 62.4 cm³/mol. The molecule has 0 unspecified atom stereocenters. The number of hydrogen-bond donors (Lipinski definition) is 0. The van der Waals surface area contributed by atoms with Crippen LogP contribution in [0.15, 0.2) is 0 Å². The minimum absolute atomic E-state index is 0.926. The van der Waals surface area contributed by atoms with Crippen LogP contribution >= 0.6 is 58.9 Å². The van der Waals surface area contributed by atoms with Gasteiger partial charge in [-0.3, -0.25) is 0 Å². The van der Waals surface area contributed by atoms with Gasteiger partial charge in [0.15, 0.2) is 0 Å². The average molecular weight is 419 g/mol. The van der Waals surface area contributed by atoms with Gasteiger partial charge in [0.05, 0.1) is 0 Å². The minimum Gasteiger partial charge on any atom is -0.0985 e. The van der Waals surface area contributed by atoms with Crippen molar-refractivity contribution in [1.82, 2.24) is 0 Å². The molecule has 0 aliphatic heterocycles. The summed E-state index contributed by atoms with van der Waals surface area (Å²) in [4.78, 5) is 0. The molecule has 0 fully saturated rings. The molecule has 0 heterocycles. The molecule has 0 amide bonds. The first kappa shape index (κ1) is 10.2. The molecule has 8 heavy (non-hydrogen) atoms. The maximum Gasteiger partial charge on any atom is 0.258 e. The van der Waals surface area contributed by atoms with E-state index in [1.165, 1.54) is 18.9 Å². The monoisotopic (exact) mass is 418 g/mol. The van der Waals surface area contributed by atoms with Crippen molar-refractivity contribution < 1.29 is 0 Å². The Morgan fingerprint density at radius 2 is 2.00 bits per heavy atom. The van der Waals surface area contributed by atoms with Crippen molar-refractivity contribution >= 4 is 60.6 Å². The van der Waals surface area contributed by atoms with Crippen LogP contribution in [0.25, 0.3) is 0 Å². The molecule has 0 aliphatic rings. The van der Waals surface area contributed by atoms with Crippen LogP contribution in [-0.4, -0.2) is 1.69 Å². The second-order valence-corrected chi connectivity index (χ2v) is 33.6. The van der Waals surface area contributed by atoms with Gasteiger partial charge in [0.25, 0.3) is 1.69 Å². The lowest BCUT2D eigenvalue weighted by atomic mass is 10.4. The van der Waals surface area contributed by atoms with Gasteiger partial charge in [0, 0.05) is 0 Å². The Labute approximate surface area is 85.2 Å². The van der Waals surface area contributed by atoms with Crippen molar-refractivity contribution in [2.75, 3.05) is 0 Å². The largest absolute Gasteiger partial charge is 0.258 e.